The maximum absolute atomic E-state index is 11.7. The number of nitrogens with zero attached hydrogens (tertiary/aromatic N) is 2. The first-order valence-electron chi connectivity index (χ1n) is 6.48. The van der Waals surface area contributed by atoms with Gasteiger partial charge in [-0.1, -0.05) is 23.9 Å². The fraction of sp³-hybridized carbons (Fsp3) is 0.308. The van der Waals surface area contributed by atoms with Crippen LogP contribution in [0.3, 0.4) is 0 Å². The van der Waals surface area contributed by atoms with Gasteiger partial charge in [0.05, 0.1) is 6.26 Å². The van der Waals surface area contributed by atoms with E-state index in [1.807, 2.05) is 0 Å². The topological polar surface area (TPSA) is 105 Å². The molecular formula is C13H15N3O5S2. The molecule has 0 bridgehead atoms. The number of hydrazone groups is 1. The first kappa shape index (κ1) is 17.3. The highest BCUT2D eigenvalue weighted by Gasteiger charge is 2.32. The summed E-state index contributed by atoms with van der Waals surface area (Å²) in [6.07, 6.45) is 0.948. The van der Waals surface area contributed by atoms with Crippen molar-refractivity contribution in [2.45, 2.75) is 19.2 Å². The van der Waals surface area contributed by atoms with Gasteiger partial charge in [0.2, 0.25) is 11.8 Å². The largest absolute Gasteiger partial charge is 0.383 e. The quantitative estimate of drug-likeness (QED) is 0.810. The maximum atomic E-state index is 11.7. The van der Waals surface area contributed by atoms with Crippen LogP contribution in [0.2, 0.25) is 0 Å². The molecule has 124 valence electrons. The van der Waals surface area contributed by atoms with Crippen LogP contribution in [0, 0.1) is 0 Å². The summed E-state index contributed by atoms with van der Waals surface area (Å²) in [4.78, 5) is 22.9. The molecule has 1 aromatic rings. The second-order valence-electron chi connectivity index (χ2n) is 4.78. The van der Waals surface area contributed by atoms with Crippen LogP contribution in [0.4, 0.5) is 0 Å². The molecule has 1 N–H and O–H groups in total. The molecule has 0 radical (unpaired) electrons. The summed E-state index contributed by atoms with van der Waals surface area (Å²) in [5.41, 5.74) is 0.621. The summed E-state index contributed by atoms with van der Waals surface area (Å²) in [6.45, 7) is 2.69. The Labute approximate surface area is 138 Å². The Bertz CT molecular complexity index is 776. The Morgan fingerprint density at radius 1 is 1.35 bits per heavy atom. The summed E-state index contributed by atoms with van der Waals surface area (Å²) < 4.78 is 27.3. The van der Waals surface area contributed by atoms with E-state index in [4.69, 9.17) is 4.18 Å². The smallest absolute Gasteiger partial charge is 0.306 e. The lowest BCUT2D eigenvalue weighted by Gasteiger charge is -2.19. The first-order valence-corrected chi connectivity index (χ1v) is 9.17. The van der Waals surface area contributed by atoms with Crippen molar-refractivity contribution in [3.63, 3.8) is 0 Å². The van der Waals surface area contributed by atoms with E-state index in [2.05, 4.69) is 10.4 Å². The van der Waals surface area contributed by atoms with Crippen LogP contribution in [0.5, 0.6) is 5.75 Å². The van der Waals surface area contributed by atoms with Crippen molar-refractivity contribution in [3.05, 3.63) is 29.8 Å². The average Bonchev–Trinajstić information content (AvgIpc) is 2.80. The van der Waals surface area contributed by atoms with Crippen LogP contribution in [0.25, 0.3) is 0 Å². The van der Waals surface area contributed by atoms with Crippen LogP contribution in [-0.2, 0) is 19.7 Å². The molecule has 0 fully saturated rings. The van der Waals surface area contributed by atoms with Crippen LogP contribution in [0.15, 0.2) is 29.4 Å². The molecule has 0 saturated heterocycles. The molecule has 8 nitrogen and oxygen atoms in total. The van der Waals surface area contributed by atoms with E-state index in [0.29, 0.717) is 10.7 Å². The molecule has 1 aromatic carbocycles. The Morgan fingerprint density at radius 2 is 2.04 bits per heavy atom. The lowest BCUT2D eigenvalue weighted by Crippen LogP contribution is -2.25. The minimum absolute atomic E-state index is 0.141. The number of hydrogen-bond donors (Lipinski definition) is 1. The van der Waals surface area contributed by atoms with Gasteiger partial charge < -0.3 is 9.50 Å². The summed E-state index contributed by atoms with van der Waals surface area (Å²) in [5.74, 6) is -0.464. The Balaban J connectivity index is 2.28. The average molecular weight is 357 g/mol. The van der Waals surface area contributed by atoms with Crippen molar-refractivity contribution < 1.29 is 22.2 Å². The standard InChI is InChI=1S/C13H15N3O5S2/c1-8(17)14-13-15-16(9(2)18)12(22-13)10-5-4-6-11(7-10)21-23(3,19)20/h4-7,12H,1-3H3,(H,14,15,17)/t12-/m0/s1. The number of thioether (sulfide) groups is 1. The Hall–Kier alpha value is -2.07. The number of nitrogens with one attached hydrogen (secondary N) is 1. The second-order valence-corrected chi connectivity index (χ2v) is 7.42. The number of carbonyl (C=O) groups excluding carboxylic acids is 2. The molecule has 0 aromatic heterocycles. The zero-order chi connectivity index (χ0) is 17.2. The summed E-state index contributed by atoms with van der Waals surface area (Å²) in [6, 6.07) is 6.35. The van der Waals surface area contributed by atoms with E-state index in [1.54, 1.807) is 12.1 Å². The third-order valence-electron chi connectivity index (χ3n) is 2.64. The SMILES string of the molecule is CC(=O)NC1=NN(C(C)=O)[C@H](c2cccc(OS(C)(=O)=O)c2)S1. The number of amidine groups is 1. The Kier molecular flexibility index (Phi) is 4.95. The predicted molar refractivity (Wildman–Crippen MR) is 86.0 cm³/mol. The fourth-order valence-corrected chi connectivity index (χ4v) is 3.45. The summed E-state index contributed by atoms with van der Waals surface area (Å²) in [7, 11) is -3.65. The van der Waals surface area contributed by atoms with Gasteiger partial charge in [0, 0.05) is 13.8 Å². The van der Waals surface area contributed by atoms with Gasteiger partial charge in [-0.05, 0) is 17.7 Å². The number of benzene rings is 1. The zero-order valence-corrected chi connectivity index (χ0v) is 14.3. The monoisotopic (exact) mass is 357 g/mol. The molecule has 10 heteroatoms. The lowest BCUT2D eigenvalue weighted by atomic mass is 10.2. The summed E-state index contributed by atoms with van der Waals surface area (Å²) >= 11 is 1.17. The van der Waals surface area contributed by atoms with Gasteiger partial charge in [0.1, 0.15) is 11.1 Å². The van der Waals surface area contributed by atoms with Gasteiger partial charge in [0.25, 0.3) is 0 Å². The van der Waals surface area contributed by atoms with Gasteiger partial charge in [-0.2, -0.15) is 8.42 Å². The van der Waals surface area contributed by atoms with Gasteiger partial charge in [-0.15, -0.1) is 5.10 Å². The molecule has 0 spiro atoms. The molecule has 1 aliphatic heterocycles. The number of rotatable bonds is 3. The van der Waals surface area contributed by atoms with Crippen LogP contribution >= 0.6 is 11.8 Å². The second kappa shape index (κ2) is 6.59. The van der Waals surface area contributed by atoms with E-state index in [1.165, 1.54) is 42.8 Å². The molecule has 1 aliphatic rings. The van der Waals surface area contributed by atoms with Crippen molar-refractivity contribution in [1.82, 2.24) is 10.3 Å². The molecular weight excluding hydrogens is 342 g/mol. The number of amides is 2. The molecule has 0 aliphatic carbocycles. The van der Waals surface area contributed by atoms with Crippen molar-refractivity contribution in [3.8, 4) is 5.75 Å². The highest BCUT2D eigenvalue weighted by molar-refractivity contribution is 8.14. The number of carbonyl (C=O) groups is 2. The van der Waals surface area contributed by atoms with E-state index in [-0.39, 0.29) is 17.6 Å². The minimum atomic E-state index is -3.65. The third-order valence-corrected chi connectivity index (χ3v) is 4.24. The van der Waals surface area contributed by atoms with E-state index < -0.39 is 15.5 Å². The van der Waals surface area contributed by atoms with Crippen molar-refractivity contribution in [2.75, 3.05) is 6.26 Å². The highest BCUT2D eigenvalue weighted by Crippen LogP contribution is 2.39. The normalized spacial score (nSPS) is 17.6. The van der Waals surface area contributed by atoms with Gasteiger partial charge in [0.15, 0.2) is 5.17 Å². The first-order chi connectivity index (χ1) is 10.7. The molecule has 1 heterocycles. The third kappa shape index (κ3) is 4.70. The van der Waals surface area contributed by atoms with Crippen LogP contribution in [-0.4, -0.2) is 36.7 Å². The number of hydrogen-bond acceptors (Lipinski definition) is 7. The van der Waals surface area contributed by atoms with Crippen molar-refractivity contribution in [2.24, 2.45) is 5.10 Å². The lowest BCUT2D eigenvalue weighted by molar-refractivity contribution is -0.129. The molecule has 0 saturated carbocycles. The van der Waals surface area contributed by atoms with Gasteiger partial charge >= 0.3 is 10.1 Å². The highest BCUT2D eigenvalue weighted by atomic mass is 32.2. The predicted octanol–water partition coefficient (Wildman–Crippen LogP) is 1.03. The van der Waals surface area contributed by atoms with E-state index in [9.17, 15) is 18.0 Å². The molecule has 23 heavy (non-hydrogen) atoms. The minimum Gasteiger partial charge on any atom is -0.383 e. The summed E-state index contributed by atoms with van der Waals surface area (Å²) in [5, 5.41) is 7.59. The van der Waals surface area contributed by atoms with E-state index in [0.717, 1.165) is 6.26 Å². The van der Waals surface area contributed by atoms with Crippen molar-refractivity contribution >= 4 is 38.9 Å². The van der Waals surface area contributed by atoms with E-state index >= 15 is 0 Å². The van der Waals surface area contributed by atoms with Crippen LogP contribution < -0.4 is 9.50 Å². The van der Waals surface area contributed by atoms with Crippen molar-refractivity contribution in [1.29, 1.82) is 0 Å². The molecule has 1 atom stereocenters. The van der Waals surface area contributed by atoms with Gasteiger partial charge in [-0.3, -0.25) is 9.59 Å². The maximum Gasteiger partial charge on any atom is 0.306 e. The molecule has 2 rings (SSSR count). The molecule has 0 unspecified atom stereocenters. The van der Waals surface area contributed by atoms with Crippen LogP contribution in [0.1, 0.15) is 24.8 Å². The zero-order valence-electron chi connectivity index (χ0n) is 12.6. The molecule has 2 amide bonds. The Morgan fingerprint density at radius 3 is 2.61 bits per heavy atom. The fourth-order valence-electron chi connectivity index (χ4n) is 1.87. The van der Waals surface area contributed by atoms with Gasteiger partial charge in [-0.25, -0.2) is 5.01 Å².